The Morgan fingerprint density at radius 1 is 1.56 bits per heavy atom. The molecule has 0 bridgehead atoms. The van der Waals surface area contributed by atoms with Crippen LogP contribution in [-0.4, -0.2) is 23.7 Å². The fourth-order valence-electron chi connectivity index (χ4n) is 1.26. The van der Waals surface area contributed by atoms with E-state index in [2.05, 4.69) is 15.0 Å². The number of aliphatic hydroxyl groups is 1. The van der Waals surface area contributed by atoms with E-state index in [1.807, 2.05) is 25.1 Å². The number of halogens is 1. The first-order valence-corrected chi connectivity index (χ1v) is 6.06. The Labute approximate surface area is 103 Å². The summed E-state index contributed by atoms with van der Waals surface area (Å²) in [4.78, 5) is 5.30. The number of nitrogens with one attached hydrogen (secondary N) is 2. The van der Waals surface area contributed by atoms with Gasteiger partial charge in [-0.1, -0.05) is 11.6 Å². The van der Waals surface area contributed by atoms with Crippen LogP contribution in [0.2, 0.25) is 5.02 Å². The van der Waals surface area contributed by atoms with Gasteiger partial charge in [0.05, 0.1) is 23.2 Å². The van der Waals surface area contributed by atoms with E-state index in [1.54, 1.807) is 0 Å². The molecular weight excluding hydrogens is 246 g/mol. The van der Waals surface area contributed by atoms with Gasteiger partial charge in [-0.15, -0.1) is 0 Å². The predicted molar refractivity (Wildman–Crippen MR) is 68.1 cm³/mol. The highest BCUT2D eigenvalue weighted by molar-refractivity contribution is 7.98. The molecule has 3 N–H and O–H groups in total. The SMILES string of the molecule is C[C@H](CO)N=C1NSc2cc(Cl)ccc2N1. The number of aliphatic hydroxyl groups excluding tert-OH is 1. The van der Waals surface area contributed by atoms with Crippen molar-refractivity contribution in [3.63, 3.8) is 0 Å². The average molecular weight is 258 g/mol. The molecule has 1 aliphatic rings. The van der Waals surface area contributed by atoms with Gasteiger partial charge in [-0.3, -0.25) is 4.72 Å². The lowest BCUT2D eigenvalue weighted by atomic mass is 10.3. The summed E-state index contributed by atoms with van der Waals surface area (Å²) in [6, 6.07) is 5.50. The first-order valence-electron chi connectivity index (χ1n) is 4.87. The normalized spacial score (nSPS) is 18.6. The quantitative estimate of drug-likeness (QED) is 0.711. The van der Waals surface area contributed by atoms with E-state index in [0.29, 0.717) is 11.0 Å². The molecule has 0 saturated heterocycles. The zero-order valence-electron chi connectivity index (χ0n) is 8.70. The minimum atomic E-state index is -0.121. The highest BCUT2D eigenvalue weighted by Gasteiger charge is 2.14. The lowest BCUT2D eigenvalue weighted by Gasteiger charge is -2.21. The first-order chi connectivity index (χ1) is 7.69. The van der Waals surface area contributed by atoms with Crippen molar-refractivity contribution >= 4 is 35.2 Å². The highest BCUT2D eigenvalue weighted by atomic mass is 35.5. The van der Waals surface area contributed by atoms with Gasteiger partial charge in [0.15, 0.2) is 0 Å². The van der Waals surface area contributed by atoms with E-state index >= 15 is 0 Å². The van der Waals surface area contributed by atoms with Crippen LogP contribution in [0.1, 0.15) is 6.92 Å². The van der Waals surface area contributed by atoms with E-state index in [-0.39, 0.29) is 12.6 Å². The molecule has 0 saturated carbocycles. The van der Waals surface area contributed by atoms with Crippen LogP contribution in [0.4, 0.5) is 5.69 Å². The number of fused-ring (bicyclic) bond motifs is 1. The summed E-state index contributed by atoms with van der Waals surface area (Å²) in [5.41, 5.74) is 0.969. The molecule has 0 radical (unpaired) electrons. The summed E-state index contributed by atoms with van der Waals surface area (Å²) in [6.07, 6.45) is 0. The van der Waals surface area contributed by atoms with Crippen molar-refractivity contribution in [1.82, 2.24) is 4.72 Å². The molecule has 1 aliphatic heterocycles. The van der Waals surface area contributed by atoms with Gasteiger partial charge in [0.2, 0.25) is 5.96 Å². The molecule has 16 heavy (non-hydrogen) atoms. The Morgan fingerprint density at radius 2 is 2.38 bits per heavy atom. The third kappa shape index (κ3) is 2.61. The van der Waals surface area contributed by atoms with E-state index < -0.39 is 0 Å². The van der Waals surface area contributed by atoms with Gasteiger partial charge in [-0.2, -0.15) is 0 Å². The molecule has 0 aliphatic carbocycles. The van der Waals surface area contributed by atoms with Gasteiger partial charge < -0.3 is 10.4 Å². The zero-order chi connectivity index (χ0) is 11.5. The smallest absolute Gasteiger partial charge is 0.206 e. The van der Waals surface area contributed by atoms with Crippen molar-refractivity contribution in [2.45, 2.75) is 17.9 Å². The fourth-order valence-corrected chi connectivity index (χ4v) is 2.22. The predicted octanol–water partition coefficient (Wildman–Crippen LogP) is 2.10. The topological polar surface area (TPSA) is 56.7 Å². The van der Waals surface area contributed by atoms with Crippen LogP contribution in [0.5, 0.6) is 0 Å². The molecule has 2 rings (SSSR count). The zero-order valence-corrected chi connectivity index (χ0v) is 10.3. The Morgan fingerprint density at radius 3 is 3.12 bits per heavy atom. The van der Waals surface area contributed by atoms with E-state index in [1.165, 1.54) is 11.9 Å². The molecule has 0 aromatic heterocycles. The van der Waals surface area contributed by atoms with Gasteiger partial charge in [-0.05, 0) is 37.1 Å². The number of nitrogens with zero attached hydrogens (tertiary/aromatic N) is 1. The molecule has 4 nitrogen and oxygen atoms in total. The van der Waals surface area contributed by atoms with Crippen LogP contribution in [0.25, 0.3) is 0 Å². The van der Waals surface area contributed by atoms with Gasteiger partial charge in [-0.25, -0.2) is 4.99 Å². The standard InChI is InChI=1S/C10H12ClN3OS/c1-6(5-15)12-10-13-8-3-2-7(11)4-9(8)16-14-10/h2-4,6,15H,5H2,1H3,(H2,12,13,14)/t6-/m1/s1. The summed E-state index contributed by atoms with van der Waals surface area (Å²) in [5, 5.41) is 12.8. The molecule has 1 heterocycles. The van der Waals surface area contributed by atoms with Crippen molar-refractivity contribution in [1.29, 1.82) is 0 Å². The molecule has 0 unspecified atom stereocenters. The van der Waals surface area contributed by atoms with Crippen LogP contribution >= 0.6 is 23.5 Å². The van der Waals surface area contributed by atoms with Crippen LogP contribution < -0.4 is 10.0 Å². The van der Waals surface area contributed by atoms with Crippen molar-refractivity contribution in [3.8, 4) is 0 Å². The van der Waals surface area contributed by atoms with Crippen LogP contribution in [0, 0.1) is 0 Å². The van der Waals surface area contributed by atoms with Crippen LogP contribution in [0.3, 0.4) is 0 Å². The maximum atomic E-state index is 8.91. The average Bonchev–Trinajstić information content (AvgIpc) is 2.29. The summed E-state index contributed by atoms with van der Waals surface area (Å²) < 4.78 is 3.05. The number of benzene rings is 1. The van der Waals surface area contributed by atoms with Crippen molar-refractivity contribution < 1.29 is 5.11 Å². The molecule has 0 spiro atoms. The van der Waals surface area contributed by atoms with Gasteiger partial charge in [0, 0.05) is 5.02 Å². The molecule has 86 valence electrons. The third-order valence-corrected chi connectivity index (χ3v) is 3.16. The number of rotatable bonds is 2. The Balaban J connectivity index is 2.18. The van der Waals surface area contributed by atoms with Gasteiger partial charge >= 0.3 is 0 Å². The van der Waals surface area contributed by atoms with Crippen molar-refractivity contribution in [2.75, 3.05) is 11.9 Å². The Hall–Kier alpha value is -0.910. The maximum Gasteiger partial charge on any atom is 0.206 e. The molecule has 0 amide bonds. The largest absolute Gasteiger partial charge is 0.394 e. The minimum absolute atomic E-state index is 0.0327. The highest BCUT2D eigenvalue weighted by Crippen LogP contribution is 2.31. The summed E-state index contributed by atoms with van der Waals surface area (Å²) >= 11 is 7.34. The Bertz CT molecular complexity index is 425. The molecule has 6 heteroatoms. The second-order valence-electron chi connectivity index (χ2n) is 3.48. The number of guanidine groups is 1. The maximum absolute atomic E-state index is 8.91. The molecule has 1 atom stereocenters. The first kappa shape index (κ1) is 11.6. The number of aliphatic imine (C=N–C) groups is 1. The van der Waals surface area contributed by atoms with Crippen LogP contribution in [0.15, 0.2) is 28.1 Å². The van der Waals surface area contributed by atoms with Crippen molar-refractivity contribution in [3.05, 3.63) is 23.2 Å². The monoisotopic (exact) mass is 257 g/mol. The van der Waals surface area contributed by atoms with E-state index in [4.69, 9.17) is 16.7 Å². The number of hydrogen-bond acceptors (Lipinski definition) is 3. The second kappa shape index (κ2) is 4.95. The van der Waals surface area contributed by atoms with Crippen molar-refractivity contribution in [2.24, 2.45) is 4.99 Å². The lowest BCUT2D eigenvalue weighted by molar-refractivity contribution is 0.274. The molecule has 0 fully saturated rings. The molecule has 1 aromatic carbocycles. The number of anilines is 1. The summed E-state index contributed by atoms with van der Waals surface area (Å²) in [5.74, 6) is 0.654. The molecule has 1 aromatic rings. The lowest BCUT2D eigenvalue weighted by Crippen LogP contribution is -2.31. The second-order valence-corrected chi connectivity index (χ2v) is 4.76. The fraction of sp³-hybridized carbons (Fsp3) is 0.300. The van der Waals surface area contributed by atoms with E-state index in [9.17, 15) is 0 Å². The van der Waals surface area contributed by atoms with E-state index in [0.717, 1.165) is 10.6 Å². The third-order valence-electron chi connectivity index (χ3n) is 2.07. The minimum Gasteiger partial charge on any atom is -0.394 e. The number of hydrogen-bond donors (Lipinski definition) is 3. The van der Waals surface area contributed by atoms with Gasteiger partial charge in [0.1, 0.15) is 0 Å². The Kier molecular flexibility index (Phi) is 3.58. The van der Waals surface area contributed by atoms with Crippen LogP contribution in [-0.2, 0) is 0 Å². The van der Waals surface area contributed by atoms with Gasteiger partial charge in [0.25, 0.3) is 0 Å². The summed E-state index contributed by atoms with van der Waals surface area (Å²) in [6.45, 7) is 1.88. The molecular formula is C10H12ClN3OS. The summed E-state index contributed by atoms with van der Waals surface area (Å²) in [7, 11) is 0.